The summed E-state index contributed by atoms with van der Waals surface area (Å²) in [5, 5.41) is 0. The topological polar surface area (TPSA) is 26.3 Å². The molecule has 0 amide bonds. The molecule has 0 radical (unpaired) electrons. The Hall–Kier alpha value is 0.170. The fraction of sp³-hybridized carbons (Fsp3) is 0.250. The number of halogens is 2. The summed E-state index contributed by atoms with van der Waals surface area (Å²) in [6.45, 7) is 0. The molecule has 8 heavy (non-hydrogen) atoms. The van der Waals surface area contributed by atoms with Crippen LogP contribution < -0.4 is 0 Å². The van der Waals surface area contributed by atoms with Crippen LogP contribution in [0.1, 0.15) is 0 Å². The van der Waals surface area contributed by atoms with Gasteiger partial charge in [0.05, 0.1) is 7.11 Å². The summed E-state index contributed by atoms with van der Waals surface area (Å²) < 4.78 is 4.69. The highest BCUT2D eigenvalue weighted by Crippen LogP contribution is 2.08. The van der Waals surface area contributed by atoms with Crippen molar-refractivity contribution in [2.24, 2.45) is 0 Å². The number of esters is 1. The maximum Gasteiger partial charge on any atom is 0.345 e. The van der Waals surface area contributed by atoms with Crippen LogP contribution in [0.25, 0.3) is 0 Å². The van der Waals surface area contributed by atoms with Gasteiger partial charge in [0.1, 0.15) is 4.48 Å². The lowest BCUT2D eigenvalue weighted by atomic mass is 10.7. The van der Waals surface area contributed by atoms with Crippen LogP contribution in [0.15, 0.2) is 9.47 Å². The van der Waals surface area contributed by atoms with Gasteiger partial charge in [-0.15, -0.1) is 0 Å². The molecule has 0 N–H and O–H groups in total. The Labute approximate surface area is 64.2 Å². The molecule has 0 saturated heterocycles. The minimum atomic E-state index is -0.387. The van der Waals surface area contributed by atoms with E-state index < -0.39 is 0 Å². The maximum absolute atomic E-state index is 10.4. The highest BCUT2D eigenvalue weighted by atomic mass is 79.9. The first kappa shape index (κ1) is 8.17. The Kier molecular flexibility index (Phi) is 4.18. The summed E-state index contributed by atoms with van der Waals surface area (Å²) in [6, 6.07) is 0. The fourth-order valence-electron chi connectivity index (χ4n) is 0.142. The van der Waals surface area contributed by atoms with Crippen molar-refractivity contribution in [3.63, 3.8) is 0 Å². The van der Waals surface area contributed by atoms with Gasteiger partial charge in [0.15, 0.2) is 0 Å². The molecule has 0 unspecified atom stereocenters. The molecule has 0 aromatic heterocycles. The quantitative estimate of drug-likeness (QED) is 0.519. The third-order valence-corrected chi connectivity index (χ3v) is 2.10. The second-order valence-electron chi connectivity index (χ2n) is 0.949. The van der Waals surface area contributed by atoms with Crippen LogP contribution in [0.3, 0.4) is 0 Å². The molecule has 0 bridgehead atoms. The SMILES string of the molecule is COC(=O)/C(Br)=C/Br. The third-order valence-electron chi connectivity index (χ3n) is 0.476. The summed E-state index contributed by atoms with van der Waals surface area (Å²) in [6.07, 6.45) is 0. The Morgan fingerprint density at radius 3 is 2.38 bits per heavy atom. The Bertz CT molecular complexity index is 119. The van der Waals surface area contributed by atoms with Crippen LogP contribution in [0, 0.1) is 0 Å². The van der Waals surface area contributed by atoms with Gasteiger partial charge >= 0.3 is 5.97 Å². The predicted octanol–water partition coefficient (Wildman–Crippen LogP) is 1.79. The lowest BCUT2D eigenvalue weighted by Gasteiger charge is -1.91. The van der Waals surface area contributed by atoms with E-state index >= 15 is 0 Å². The zero-order chi connectivity index (χ0) is 6.57. The average molecular weight is 244 g/mol. The van der Waals surface area contributed by atoms with E-state index in [1.54, 1.807) is 0 Å². The summed E-state index contributed by atoms with van der Waals surface area (Å²) in [5.41, 5.74) is 0. The number of rotatable bonds is 1. The molecule has 0 heterocycles. The number of hydrogen-bond donors (Lipinski definition) is 0. The normalized spacial score (nSPS) is 11.1. The van der Waals surface area contributed by atoms with Crippen molar-refractivity contribution in [1.82, 2.24) is 0 Å². The second-order valence-corrected chi connectivity index (χ2v) is 2.26. The van der Waals surface area contributed by atoms with Crippen molar-refractivity contribution in [2.75, 3.05) is 7.11 Å². The summed E-state index contributed by atoms with van der Waals surface area (Å²) in [5.74, 6) is -0.387. The van der Waals surface area contributed by atoms with E-state index in [-0.39, 0.29) is 5.97 Å². The van der Waals surface area contributed by atoms with Crippen LogP contribution in [0.2, 0.25) is 0 Å². The maximum atomic E-state index is 10.4. The lowest BCUT2D eigenvalue weighted by Crippen LogP contribution is -1.97. The zero-order valence-corrected chi connectivity index (χ0v) is 7.32. The van der Waals surface area contributed by atoms with E-state index in [4.69, 9.17) is 0 Å². The monoisotopic (exact) mass is 242 g/mol. The van der Waals surface area contributed by atoms with Crippen molar-refractivity contribution in [1.29, 1.82) is 0 Å². The van der Waals surface area contributed by atoms with Crippen molar-refractivity contribution in [3.05, 3.63) is 9.47 Å². The fourth-order valence-corrected chi connectivity index (χ4v) is 0.491. The molecule has 0 aliphatic rings. The van der Waals surface area contributed by atoms with Crippen LogP contribution in [-0.2, 0) is 9.53 Å². The molecule has 0 spiro atoms. The molecule has 0 saturated carbocycles. The van der Waals surface area contributed by atoms with Crippen molar-refractivity contribution >= 4 is 37.8 Å². The Balaban J connectivity index is 3.83. The molecule has 0 aliphatic carbocycles. The lowest BCUT2D eigenvalue weighted by molar-refractivity contribution is -0.135. The summed E-state index contributed by atoms with van der Waals surface area (Å²) in [7, 11) is 1.32. The standard InChI is InChI=1S/C4H4Br2O2/c1-8-4(7)3(6)2-5/h2H,1H3/b3-2-. The minimum Gasteiger partial charge on any atom is -0.465 e. The van der Waals surface area contributed by atoms with Crippen molar-refractivity contribution in [3.8, 4) is 0 Å². The molecule has 0 aromatic carbocycles. The molecule has 2 nitrogen and oxygen atoms in total. The van der Waals surface area contributed by atoms with Gasteiger partial charge in [0.2, 0.25) is 0 Å². The molecular formula is C4H4Br2O2. The molecular weight excluding hydrogens is 240 g/mol. The van der Waals surface area contributed by atoms with Crippen LogP contribution in [0.4, 0.5) is 0 Å². The minimum absolute atomic E-state index is 0.375. The first-order valence-corrected chi connectivity index (χ1v) is 3.47. The Morgan fingerprint density at radius 1 is 1.75 bits per heavy atom. The highest BCUT2D eigenvalue weighted by molar-refractivity contribution is 9.14. The van der Waals surface area contributed by atoms with E-state index in [9.17, 15) is 4.79 Å². The third kappa shape index (κ3) is 2.47. The average Bonchev–Trinajstić information content (AvgIpc) is 1.84. The van der Waals surface area contributed by atoms with E-state index in [1.165, 1.54) is 12.1 Å². The number of carbonyl (C=O) groups is 1. The van der Waals surface area contributed by atoms with Gasteiger partial charge in [-0.3, -0.25) is 0 Å². The zero-order valence-electron chi connectivity index (χ0n) is 4.15. The molecule has 0 atom stereocenters. The van der Waals surface area contributed by atoms with E-state index in [2.05, 4.69) is 36.6 Å². The molecule has 0 rings (SSSR count). The smallest absolute Gasteiger partial charge is 0.345 e. The Morgan fingerprint density at radius 2 is 2.25 bits per heavy atom. The van der Waals surface area contributed by atoms with Gasteiger partial charge in [0, 0.05) is 4.99 Å². The van der Waals surface area contributed by atoms with E-state index in [0.29, 0.717) is 4.48 Å². The van der Waals surface area contributed by atoms with Gasteiger partial charge in [-0.2, -0.15) is 0 Å². The van der Waals surface area contributed by atoms with Gasteiger partial charge in [0.25, 0.3) is 0 Å². The van der Waals surface area contributed by atoms with Gasteiger partial charge in [-0.1, -0.05) is 15.9 Å². The first-order valence-electron chi connectivity index (χ1n) is 1.76. The highest BCUT2D eigenvalue weighted by Gasteiger charge is 2.01. The molecule has 4 heteroatoms. The van der Waals surface area contributed by atoms with Gasteiger partial charge in [-0.05, 0) is 15.9 Å². The predicted molar refractivity (Wildman–Crippen MR) is 38.0 cm³/mol. The van der Waals surface area contributed by atoms with E-state index in [0.717, 1.165) is 0 Å². The largest absolute Gasteiger partial charge is 0.465 e. The number of carbonyl (C=O) groups excluding carboxylic acids is 1. The van der Waals surface area contributed by atoms with Crippen LogP contribution in [0.5, 0.6) is 0 Å². The van der Waals surface area contributed by atoms with Crippen molar-refractivity contribution in [2.45, 2.75) is 0 Å². The number of ether oxygens (including phenoxy) is 1. The number of methoxy groups -OCH3 is 1. The number of hydrogen-bond acceptors (Lipinski definition) is 2. The van der Waals surface area contributed by atoms with Gasteiger partial charge < -0.3 is 4.74 Å². The van der Waals surface area contributed by atoms with Crippen LogP contribution in [-0.4, -0.2) is 13.1 Å². The van der Waals surface area contributed by atoms with Crippen LogP contribution >= 0.6 is 31.9 Å². The van der Waals surface area contributed by atoms with E-state index in [1.807, 2.05) is 0 Å². The first-order chi connectivity index (χ1) is 3.72. The van der Waals surface area contributed by atoms with Gasteiger partial charge in [-0.25, -0.2) is 4.79 Å². The second kappa shape index (κ2) is 4.09. The molecule has 0 aromatic rings. The summed E-state index contributed by atoms with van der Waals surface area (Å²) >= 11 is 5.89. The van der Waals surface area contributed by atoms with Crippen molar-refractivity contribution < 1.29 is 9.53 Å². The summed E-state index contributed by atoms with van der Waals surface area (Å²) in [4.78, 5) is 11.8. The molecule has 0 aliphatic heterocycles. The molecule has 0 fully saturated rings. The molecule has 46 valence electrons.